The van der Waals surface area contributed by atoms with E-state index < -0.39 is 0 Å². The lowest BCUT2D eigenvalue weighted by Crippen LogP contribution is -1.99. The molecule has 0 saturated carbocycles. The molecule has 0 aliphatic carbocycles. The van der Waals surface area contributed by atoms with Gasteiger partial charge in [-0.05, 0) is 31.2 Å². The third-order valence-electron chi connectivity index (χ3n) is 4.12. The first-order valence-electron chi connectivity index (χ1n) is 8.06. The minimum absolute atomic E-state index is 0.705. The highest BCUT2D eigenvalue weighted by molar-refractivity contribution is 6.30. The summed E-state index contributed by atoms with van der Waals surface area (Å²) in [6.45, 7) is 2.08. The van der Waals surface area contributed by atoms with Gasteiger partial charge in [0.15, 0.2) is 5.82 Å². The Morgan fingerprint density at radius 1 is 0.760 bits per heavy atom. The molecule has 0 radical (unpaired) electrons. The summed E-state index contributed by atoms with van der Waals surface area (Å²) in [7, 11) is 0. The zero-order valence-corrected chi connectivity index (χ0v) is 14.5. The van der Waals surface area contributed by atoms with E-state index in [1.807, 2.05) is 36.4 Å². The predicted molar refractivity (Wildman–Crippen MR) is 104 cm³/mol. The number of hydrogen-bond acceptors (Lipinski definition) is 3. The van der Waals surface area contributed by atoms with E-state index >= 15 is 0 Å². The van der Waals surface area contributed by atoms with Crippen molar-refractivity contribution >= 4 is 33.9 Å². The van der Waals surface area contributed by atoms with Crippen LogP contribution in [-0.4, -0.2) is 10.2 Å². The van der Waals surface area contributed by atoms with Crippen LogP contribution in [0.1, 0.15) is 5.56 Å². The van der Waals surface area contributed by atoms with Gasteiger partial charge in [0.2, 0.25) is 0 Å². The van der Waals surface area contributed by atoms with E-state index in [1.165, 1.54) is 5.56 Å². The molecule has 0 unspecified atom stereocenters. The second kappa shape index (κ2) is 6.54. The second-order valence-electron chi connectivity index (χ2n) is 5.94. The van der Waals surface area contributed by atoms with Crippen molar-refractivity contribution in [2.45, 2.75) is 6.92 Å². The Labute approximate surface area is 151 Å². The van der Waals surface area contributed by atoms with Crippen LogP contribution >= 0.6 is 11.6 Å². The number of hydrogen-bond donors (Lipinski definition) is 1. The first-order valence-corrected chi connectivity index (χ1v) is 8.43. The number of benzene rings is 3. The van der Waals surface area contributed by atoms with Crippen LogP contribution in [0.2, 0.25) is 5.02 Å². The maximum atomic E-state index is 5.95. The normalized spacial score (nSPS) is 10.8. The Morgan fingerprint density at radius 2 is 1.44 bits per heavy atom. The van der Waals surface area contributed by atoms with Crippen molar-refractivity contribution in [3.05, 3.63) is 83.4 Å². The van der Waals surface area contributed by atoms with E-state index in [1.54, 1.807) is 0 Å². The van der Waals surface area contributed by atoms with Gasteiger partial charge in [-0.15, -0.1) is 10.2 Å². The van der Waals surface area contributed by atoms with Gasteiger partial charge in [-0.25, -0.2) is 0 Å². The van der Waals surface area contributed by atoms with Crippen molar-refractivity contribution in [2.75, 3.05) is 5.32 Å². The van der Waals surface area contributed by atoms with Crippen LogP contribution in [0.3, 0.4) is 0 Å². The third kappa shape index (κ3) is 3.19. The molecule has 1 N–H and O–H groups in total. The number of aryl methyl sites for hydroxylation is 1. The van der Waals surface area contributed by atoms with Crippen molar-refractivity contribution in [2.24, 2.45) is 0 Å². The molecule has 1 heterocycles. The molecule has 4 rings (SSSR count). The number of nitrogens with one attached hydrogen (secondary N) is 1. The molecule has 3 nitrogen and oxygen atoms in total. The fourth-order valence-corrected chi connectivity index (χ4v) is 2.92. The van der Waals surface area contributed by atoms with Crippen LogP contribution in [0.15, 0.2) is 72.8 Å². The lowest BCUT2D eigenvalue weighted by molar-refractivity contribution is 1.06. The molecule has 0 spiro atoms. The molecule has 122 valence electrons. The van der Waals surface area contributed by atoms with Crippen molar-refractivity contribution < 1.29 is 0 Å². The van der Waals surface area contributed by atoms with Gasteiger partial charge in [0.1, 0.15) is 5.69 Å². The van der Waals surface area contributed by atoms with E-state index in [-0.39, 0.29) is 0 Å². The van der Waals surface area contributed by atoms with Crippen molar-refractivity contribution in [1.29, 1.82) is 0 Å². The SMILES string of the molecule is Cc1ccc(-c2nnc(Nc3ccc(Cl)cc3)c3ccccc23)cc1. The molecule has 3 aromatic carbocycles. The molecule has 0 fully saturated rings. The van der Waals surface area contributed by atoms with Gasteiger partial charge in [-0.1, -0.05) is 65.7 Å². The zero-order chi connectivity index (χ0) is 17.2. The van der Waals surface area contributed by atoms with Gasteiger partial charge >= 0.3 is 0 Å². The average Bonchev–Trinajstić information content (AvgIpc) is 2.65. The quantitative estimate of drug-likeness (QED) is 0.494. The lowest BCUT2D eigenvalue weighted by Gasteiger charge is -2.11. The number of anilines is 2. The third-order valence-corrected chi connectivity index (χ3v) is 4.37. The molecular formula is C21H16ClN3. The largest absolute Gasteiger partial charge is 0.338 e. The number of nitrogens with zero attached hydrogens (tertiary/aromatic N) is 2. The van der Waals surface area contributed by atoms with Crippen molar-refractivity contribution in [3.63, 3.8) is 0 Å². The Morgan fingerprint density at radius 3 is 2.16 bits per heavy atom. The van der Waals surface area contributed by atoms with Crippen molar-refractivity contribution in [1.82, 2.24) is 10.2 Å². The van der Waals surface area contributed by atoms with Gasteiger partial charge < -0.3 is 5.32 Å². The molecule has 0 atom stereocenters. The summed E-state index contributed by atoms with van der Waals surface area (Å²) >= 11 is 5.95. The van der Waals surface area contributed by atoms with Gasteiger partial charge in [0, 0.05) is 27.0 Å². The second-order valence-corrected chi connectivity index (χ2v) is 6.38. The average molecular weight is 346 g/mol. The maximum Gasteiger partial charge on any atom is 0.161 e. The maximum absolute atomic E-state index is 5.95. The first kappa shape index (κ1) is 15.6. The summed E-state index contributed by atoms with van der Waals surface area (Å²) < 4.78 is 0. The Kier molecular flexibility index (Phi) is 4.08. The van der Waals surface area contributed by atoms with Crippen molar-refractivity contribution in [3.8, 4) is 11.3 Å². The molecule has 0 amide bonds. The zero-order valence-electron chi connectivity index (χ0n) is 13.7. The summed E-state index contributed by atoms with van der Waals surface area (Å²) in [4.78, 5) is 0. The molecule has 0 bridgehead atoms. The summed E-state index contributed by atoms with van der Waals surface area (Å²) in [6.07, 6.45) is 0. The van der Waals surface area contributed by atoms with Gasteiger partial charge in [-0.3, -0.25) is 0 Å². The molecule has 25 heavy (non-hydrogen) atoms. The fraction of sp³-hybridized carbons (Fsp3) is 0.0476. The number of fused-ring (bicyclic) bond motifs is 1. The highest BCUT2D eigenvalue weighted by Crippen LogP contribution is 2.31. The van der Waals surface area contributed by atoms with Gasteiger partial charge in [-0.2, -0.15) is 0 Å². The summed E-state index contributed by atoms with van der Waals surface area (Å²) in [5.74, 6) is 0.730. The first-order chi connectivity index (χ1) is 12.2. The number of halogens is 1. The van der Waals surface area contributed by atoms with E-state index in [4.69, 9.17) is 11.6 Å². The smallest absolute Gasteiger partial charge is 0.161 e. The highest BCUT2D eigenvalue weighted by atomic mass is 35.5. The van der Waals surface area contributed by atoms with Crippen LogP contribution in [0.5, 0.6) is 0 Å². The number of rotatable bonds is 3. The minimum Gasteiger partial charge on any atom is -0.338 e. The lowest BCUT2D eigenvalue weighted by atomic mass is 10.0. The standard InChI is InChI=1S/C21H16ClN3/c1-14-6-8-15(9-7-14)20-18-4-2-3-5-19(18)21(25-24-20)23-17-12-10-16(22)11-13-17/h2-13H,1H3,(H,23,25). The van der Waals surface area contributed by atoms with Crippen LogP contribution in [0.4, 0.5) is 11.5 Å². The minimum atomic E-state index is 0.705. The van der Waals surface area contributed by atoms with Crippen LogP contribution in [-0.2, 0) is 0 Å². The highest BCUT2D eigenvalue weighted by Gasteiger charge is 2.11. The van der Waals surface area contributed by atoms with Crippen LogP contribution in [0, 0.1) is 6.92 Å². The predicted octanol–water partition coefficient (Wildman–Crippen LogP) is 6.00. The van der Waals surface area contributed by atoms with E-state index in [2.05, 4.69) is 58.8 Å². The van der Waals surface area contributed by atoms with Gasteiger partial charge in [0.25, 0.3) is 0 Å². The molecule has 1 aromatic heterocycles. The van der Waals surface area contributed by atoms with E-state index in [0.717, 1.165) is 33.5 Å². The van der Waals surface area contributed by atoms with Crippen LogP contribution in [0.25, 0.3) is 22.0 Å². The van der Waals surface area contributed by atoms with Gasteiger partial charge in [0.05, 0.1) is 0 Å². The Hall–Kier alpha value is -2.91. The molecule has 4 aromatic rings. The van der Waals surface area contributed by atoms with E-state index in [0.29, 0.717) is 5.02 Å². The summed E-state index contributed by atoms with van der Waals surface area (Å²) in [6, 6.07) is 24.0. The molecule has 0 aliphatic heterocycles. The van der Waals surface area contributed by atoms with E-state index in [9.17, 15) is 0 Å². The Bertz CT molecular complexity index is 1030. The summed E-state index contributed by atoms with van der Waals surface area (Å²) in [5, 5.41) is 15.0. The molecule has 4 heteroatoms. The van der Waals surface area contributed by atoms with Crippen LogP contribution < -0.4 is 5.32 Å². The Balaban J connectivity index is 1.81. The molecule has 0 saturated heterocycles. The molecule has 0 aliphatic rings. The molecular weight excluding hydrogens is 330 g/mol. The number of aromatic nitrogens is 2. The fourth-order valence-electron chi connectivity index (χ4n) is 2.79. The topological polar surface area (TPSA) is 37.8 Å². The summed E-state index contributed by atoms with van der Waals surface area (Å²) in [5.41, 5.74) is 4.10. The monoisotopic (exact) mass is 345 g/mol.